The molecule has 1 aliphatic heterocycles. The number of nitrogens with zero attached hydrogens (tertiary/aromatic N) is 3. The Hall–Kier alpha value is -3.40. The average Bonchev–Trinajstić information content (AvgIpc) is 3.35. The molecular weight excluding hydrogens is 526 g/mol. The summed E-state index contributed by atoms with van der Waals surface area (Å²) in [6.45, 7) is 4.14. The number of anilines is 2. The number of thiocarbonyl (C=S) groups is 1. The molecule has 0 aliphatic carbocycles. The van der Waals surface area contributed by atoms with Crippen LogP contribution in [-0.2, 0) is 10.0 Å². The summed E-state index contributed by atoms with van der Waals surface area (Å²) in [5.41, 5.74) is 6.28. The fourth-order valence-electron chi connectivity index (χ4n) is 4.94. The number of benzene rings is 2. The zero-order valence-corrected chi connectivity index (χ0v) is 22.9. The third-order valence-electron chi connectivity index (χ3n) is 6.43. The van der Waals surface area contributed by atoms with E-state index < -0.39 is 10.0 Å². The number of hydrogen-bond donors (Lipinski definition) is 2. The van der Waals surface area contributed by atoms with Gasteiger partial charge in [0, 0.05) is 29.0 Å². The van der Waals surface area contributed by atoms with Crippen molar-refractivity contribution in [3.8, 4) is 5.69 Å². The maximum Gasteiger partial charge on any atom is 0.229 e. The second-order valence-corrected chi connectivity index (χ2v) is 11.6. The van der Waals surface area contributed by atoms with Crippen LogP contribution in [-0.4, -0.2) is 29.3 Å². The molecule has 2 atom stereocenters. The number of para-hydroxylation sites is 1. The molecule has 0 bridgehead atoms. The average molecular weight is 552 g/mol. The Morgan fingerprint density at radius 2 is 1.73 bits per heavy atom. The van der Waals surface area contributed by atoms with Crippen LogP contribution < -0.4 is 14.9 Å². The summed E-state index contributed by atoms with van der Waals surface area (Å²) in [7, 11) is -3.38. The van der Waals surface area contributed by atoms with Crippen LogP contribution in [0, 0.1) is 13.8 Å². The van der Waals surface area contributed by atoms with Gasteiger partial charge in [0.25, 0.3) is 0 Å². The second-order valence-electron chi connectivity index (χ2n) is 9.03. The predicted octanol–water partition coefficient (Wildman–Crippen LogP) is 5.69. The molecule has 2 N–H and O–H groups in total. The van der Waals surface area contributed by atoms with Gasteiger partial charge in [0.15, 0.2) is 5.11 Å². The first-order valence-electron chi connectivity index (χ1n) is 11.7. The third-order valence-corrected chi connectivity index (χ3v) is 7.67. The molecule has 0 saturated carbocycles. The molecule has 2 aromatic carbocycles. The Kier molecular flexibility index (Phi) is 6.70. The topological polar surface area (TPSA) is 79.3 Å². The minimum Gasteiger partial charge on any atom is -0.351 e. The van der Waals surface area contributed by atoms with E-state index in [1.54, 1.807) is 18.3 Å². The van der Waals surface area contributed by atoms with Crippen LogP contribution in [0.3, 0.4) is 0 Å². The molecule has 10 heteroatoms. The number of rotatable bonds is 6. The summed E-state index contributed by atoms with van der Waals surface area (Å²) in [5.74, 6) is 0. The maximum atomic E-state index is 11.7. The van der Waals surface area contributed by atoms with E-state index in [1.807, 2.05) is 54.6 Å². The first-order valence-corrected chi connectivity index (χ1v) is 14.3. The summed E-state index contributed by atoms with van der Waals surface area (Å²) >= 11 is 12.4. The SMILES string of the molecule is Cc1cc([C@H]2[C@@H](c3ccccn3)NC(=S)N2c2ccc(NS(C)(=O)=O)cc2)c(C)n1-c1ccccc1Cl. The molecule has 3 heterocycles. The van der Waals surface area contributed by atoms with E-state index in [4.69, 9.17) is 23.8 Å². The van der Waals surface area contributed by atoms with E-state index >= 15 is 0 Å². The van der Waals surface area contributed by atoms with Gasteiger partial charge < -0.3 is 14.8 Å². The molecule has 4 aromatic rings. The van der Waals surface area contributed by atoms with Gasteiger partial charge in [-0.25, -0.2) is 8.42 Å². The quantitative estimate of drug-likeness (QED) is 0.300. The van der Waals surface area contributed by atoms with E-state index in [0.29, 0.717) is 15.8 Å². The van der Waals surface area contributed by atoms with E-state index in [9.17, 15) is 8.42 Å². The standard InChI is InChI=1S/C27H26ClN5O2S2/c1-17-16-21(18(2)32(17)24-10-5-4-8-22(24)28)26-25(23-9-6-7-15-29-23)30-27(36)33(26)20-13-11-19(12-14-20)31-37(3,34)35/h4-16,25-26,31H,1-3H3,(H,30,36)/t25-,26+/m1/s1. The molecule has 5 rings (SSSR count). The fraction of sp³-hybridized carbons (Fsp3) is 0.185. The third kappa shape index (κ3) is 4.94. The molecule has 1 fully saturated rings. The molecule has 7 nitrogen and oxygen atoms in total. The molecule has 1 aliphatic rings. The van der Waals surface area contributed by atoms with Crippen molar-refractivity contribution in [3.05, 3.63) is 107 Å². The normalized spacial score (nSPS) is 17.6. The van der Waals surface area contributed by atoms with Crippen molar-refractivity contribution >= 4 is 50.3 Å². The number of aromatic nitrogens is 2. The van der Waals surface area contributed by atoms with Gasteiger partial charge in [-0.2, -0.15) is 0 Å². The number of halogens is 1. The predicted molar refractivity (Wildman–Crippen MR) is 153 cm³/mol. The highest BCUT2D eigenvalue weighted by molar-refractivity contribution is 7.92. The van der Waals surface area contributed by atoms with Gasteiger partial charge in [-0.05, 0) is 86.2 Å². The lowest BCUT2D eigenvalue weighted by molar-refractivity contribution is 0.565. The highest BCUT2D eigenvalue weighted by Crippen LogP contribution is 2.44. The molecule has 0 spiro atoms. The van der Waals surface area contributed by atoms with Crippen molar-refractivity contribution in [1.29, 1.82) is 0 Å². The van der Waals surface area contributed by atoms with Crippen LogP contribution in [0.2, 0.25) is 5.02 Å². The Bertz CT molecular complexity index is 1570. The van der Waals surface area contributed by atoms with Crippen LogP contribution in [0.4, 0.5) is 11.4 Å². The van der Waals surface area contributed by atoms with Gasteiger partial charge in [0.05, 0.1) is 34.7 Å². The lowest BCUT2D eigenvalue weighted by Gasteiger charge is -2.28. The number of hydrogen-bond acceptors (Lipinski definition) is 4. The lowest BCUT2D eigenvalue weighted by atomic mass is 9.96. The molecular formula is C27H26ClN5O2S2. The van der Waals surface area contributed by atoms with Crippen molar-refractivity contribution < 1.29 is 8.42 Å². The number of nitrogens with one attached hydrogen (secondary N) is 2. The van der Waals surface area contributed by atoms with Gasteiger partial charge >= 0.3 is 0 Å². The van der Waals surface area contributed by atoms with Gasteiger partial charge in [0.2, 0.25) is 10.0 Å². The number of aryl methyl sites for hydroxylation is 1. The number of pyridine rings is 1. The first kappa shape index (κ1) is 25.3. The van der Waals surface area contributed by atoms with Crippen molar-refractivity contribution in [2.24, 2.45) is 0 Å². The zero-order chi connectivity index (χ0) is 26.3. The van der Waals surface area contributed by atoms with Crippen molar-refractivity contribution in [1.82, 2.24) is 14.9 Å². The monoisotopic (exact) mass is 551 g/mol. The van der Waals surface area contributed by atoms with Gasteiger partial charge in [0.1, 0.15) is 0 Å². The van der Waals surface area contributed by atoms with Crippen LogP contribution in [0.5, 0.6) is 0 Å². The second kappa shape index (κ2) is 9.81. The summed E-state index contributed by atoms with van der Waals surface area (Å²) < 4.78 is 28.0. The van der Waals surface area contributed by atoms with Crippen LogP contribution >= 0.6 is 23.8 Å². The van der Waals surface area contributed by atoms with Gasteiger partial charge in [-0.15, -0.1) is 0 Å². The molecule has 1 saturated heterocycles. The van der Waals surface area contributed by atoms with E-state index in [1.165, 1.54) is 0 Å². The van der Waals surface area contributed by atoms with E-state index in [-0.39, 0.29) is 12.1 Å². The molecule has 0 unspecified atom stereocenters. The molecule has 2 aromatic heterocycles. The molecule has 0 radical (unpaired) electrons. The molecule has 0 amide bonds. The fourth-order valence-corrected chi connectivity index (χ4v) is 6.07. The van der Waals surface area contributed by atoms with Gasteiger partial charge in [-0.3, -0.25) is 9.71 Å². The lowest BCUT2D eigenvalue weighted by Crippen LogP contribution is -2.29. The highest BCUT2D eigenvalue weighted by atomic mass is 35.5. The zero-order valence-electron chi connectivity index (χ0n) is 20.5. The maximum absolute atomic E-state index is 11.7. The highest BCUT2D eigenvalue weighted by Gasteiger charge is 2.42. The van der Waals surface area contributed by atoms with Crippen LogP contribution in [0.1, 0.15) is 34.7 Å². The van der Waals surface area contributed by atoms with E-state index in [0.717, 1.165) is 40.3 Å². The minimum absolute atomic E-state index is 0.206. The van der Waals surface area contributed by atoms with E-state index in [2.05, 4.69) is 44.4 Å². The summed E-state index contributed by atoms with van der Waals surface area (Å²) in [6.07, 6.45) is 2.90. The Morgan fingerprint density at radius 3 is 2.38 bits per heavy atom. The first-order chi connectivity index (χ1) is 17.6. The number of sulfonamides is 1. The van der Waals surface area contributed by atoms with Gasteiger partial charge in [-0.1, -0.05) is 29.8 Å². The minimum atomic E-state index is -3.38. The summed E-state index contributed by atoms with van der Waals surface area (Å²) in [5, 5.41) is 4.71. The Labute approximate surface area is 227 Å². The largest absolute Gasteiger partial charge is 0.351 e. The summed E-state index contributed by atoms with van der Waals surface area (Å²) in [6, 6.07) is 22.6. The van der Waals surface area contributed by atoms with Crippen molar-refractivity contribution in [2.45, 2.75) is 25.9 Å². The van der Waals surface area contributed by atoms with Crippen molar-refractivity contribution in [2.75, 3.05) is 15.9 Å². The summed E-state index contributed by atoms with van der Waals surface area (Å²) in [4.78, 5) is 6.70. The Balaban J connectivity index is 1.64. The molecule has 37 heavy (non-hydrogen) atoms. The smallest absolute Gasteiger partial charge is 0.229 e. The van der Waals surface area contributed by atoms with Crippen molar-refractivity contribution in [3.63, 3.8) is 0 Å². The Morgan fingerprint density at radius 1 is 1.03 bits per heavy atom. The van der Waals surface area contributed by atoms with Crippen LogP contribution in [0.25, 0.3) is 5.69 Å². The van der Waals surface area contributed by atoms with Crippen LogP contribution in [0.15, 0.2) is 79.0 Å². The molecule has 190 valence electrons.